The van der Waals surface area contributed by atoms with Gasteiger partial charge in [-0.2, -0.15) is 0 Å². The molecule has 1 rings (SSSR count). The van der Waals surface area contributed by atoms with Crippen molar-refractivity contribution in [1.82, 2.24) is 9.88 Å². The molecule has 0 bridgehead atoms. The van der Waals surface area contributed by atoms with Crippen LogP contribution in [0.15, 0.2) is 17.2 Å². The van der Waals surface area contributed by atoms with Crippen molar-refractivity contribution in [2.24, 2.45) is 5.14 Å². The molecule has 7 nitrogen and oxygen atoms in total. The van der Waals surface area contributed by atoms with Crippen molar-refractivity contribution in [2.45, 2.75) is 31.3 Å². The zero-order chi connectivity index (χ0) is 15.5. The predicted octanol–water partition coefficient (Wildman–Crippen LogP) is -0.348. The van der Waals surface area contributed by atoms with Crippen molar-refractivity contribution >= 4 is 26.7 Å². The van der Waals surface area contributed by atoms with Crippen LogP contribution in [0.3, 0.4) is 0 Å². The van der Waals surface area contributed by atoms with Crippen LogP contribution in [-0.2, 0) is 27.4 Å². The summed E-state index contributed by atoms with van der Waals surface area (Å²) in [6.07, 6.45) is 2.88. The van der Waals surface area contributed by atoms with Gasteiger partial charge in [0.25, 0.3) is 5.91 Å². The third-order valence-electron chi connectivity index (χ3n) is 2.64. The highest BCUT2D eigenvalue weighted by Gasteiger charge is 2.19. The second kappa shape index (κ2) is 6.51. The number of primary sulfonamides is 1. The van der Waals surface area contributed by atoms with Gasteiger partial charge in [-0.05, 0) is 19.9 Å². The number of carbonyl (C=O) groups is 1. The van der Waals surface area contributed by atoms with Gasteiger partial charge in [-0.1, -0.05) is 0 Å². The van der Waals surface area contributed by atoms with Gasteiger partial charge in [0.15, 0.2) is 0 Å². The maximum absolute atomic E-state index is 12.1. The summed E-state index contributed by atoms with van der Waals surface area (Å²) in [6, 6.07) is 0.968. The molecule has 1 heterocycles. The molecule has 1 aromatic heterocycles. The molecule has 2 atom stereocenters. The number of aromatic nitrogens is 1. The molecule has 9 heteroatoms. The van der Waals surface area contributed by atoms with E-state index in [0.29, 0.717) is 12.3 Å². The first-order valence-corrected chi connectivity index (χ1v) is 9.26. The fourth-order valence-electron chi connectivity index (χ4n) is 1.78. The Balaban J connectivity index is 2.98. The summed E-state index contributed by atoms with van der Waals surface area (Å²) >= 11 is 0. The van der Waals surface area contributed by atoms with Crippen LogP contribution in [0, 0.1) is 0 Å². The van der Waals surface area contributed by atoms with Crippen LogP contribution in [0.5, 0.6) is 0 Å². The number of aryl methyl sites for hydroxylation is 1. The van der Waals surface area contributed by atoms with E-state index in [1.165, 1.54) is 16.8 Å². The fourth-order valence-corrected chi connectivity index (χ4v) is 3.12. The second-order valence-corrected chi connectivity index (χ2v) is 7.55. The smallest absolute Gasteiger partial charge is 0.268 e. The molecule has 0 aliphatic rings. The first kappa shape index (κ1) is 16.9. The number of nitrogens with two attached hydrogens (primary N) is 1. The Morgan fingerprint density at radius 1 is 1.55 bits per heavy atom. The molecule has 114 valence electrons. The van der Waals surface area contributed by atoms with Crippen molar-refractivity contribution < 1.29 is 17.4 Å². The van der Waals surface area contributed by atoms with Gasteiger partial charge in [0.1, 0.15) is 10.6 Å². The molecule has 0 radical (unpaired) electrons. The minimum absolute atomic E-state index is 0.101. The Bertz CT molecular complexity index is 622. The van der Waals surface area contributed by atoms with Crippen LogP contribution in [0.4, 0.5) is 0 Å². The van der Waals surface area contributed by atoms with Crippen LogP contribution in [-0.4, -0.2) is 41.2 Å². The van der Waals surface area contributed by atoms with Crippen molar-refractivity contribution in [3.05, 3.63) is 18.0 Å². The maximum atomic E-state index is 12.1. The van der Waals surface area contributed by atoms with Gasteiger partial charge in [-0.25, -0.2) is 13.6 Å². The average Bonchev–Trinajstić information content (AvgIpc) is 2.70. The van der Waals surface area contributed by atoms with Crippen LogP contribution < -0.4 is 10.5 Å². The molecule has 0 fully saturated rings. The number of amides is 1. The number of sulfonamides is 1. The number of carbonyl (C=O) groups excluding carboxylic acids is 1. The standard InChI is InChI=1S/C11H19N3O4S2/c1-4-14-6-9(20(12,17)18)5-10(14)11(15)13-8(2)7-19(3)16/h5-6,8H,4,7H2,1-3H3,(H,13,15)(H2,12,17,18). The van der Waals surface area contributed by atoms with Crippen molar-refractivity contribution in [3.8, 4) is 0 Å². The summed E-state index contributed by atoms with van der Waals surface area (Å²) in [4.78, 5) is 12.0. The highest BCUT2D eigenvalue weighted by Crippen LogP contribution is 2.13. The summed E-state index contributed by atoms with van der Waals surface area (Å²) in [5.41, 5.74) is 0.213. The summed E-state index contributed by atoms with van der Waals surface area (Å²) in [5.74, 6) is -0.0830. The summed E-state index contributed by atoms with van der Waals surface area (Å²) in [6.45, 7) is 3.96. The molecule has 1 amide bonds. The van der Waals surface area contributed by atoms with Gasteiger partial charge in [-0.3, -0.25) is 9.00 Å². The molecule has 0 saturated carbocycles. The van der Waals surface area contributed by atoms with E-state index >= 15 is 0 Å². The first-order valence-electron chi connectivity index (χ1n) is 5.99. The maximum Gasteiger partial charge on any atom is 0.268 e. The number of rotatable bonds is 6. The summed E-state index contributed by atoms with van der Waals surface area (Å²) < 4.78 is 35.2. The van der Waals surface area contributed by atoms with Crippen LogP contribution in [0.1, 0.15) is 24.3 Å². The van der Waals surface area contributed by atoms with E-state index in [-0.39, 0.29) is 16.6 Å². The summed E-state index contributed by atoms with van der Waals surface area (Å²) in [5, 5.41) is 7.73. The van der Waals surface area contributed by atoms with Crippen molar-refractivity contribution in [1.29, 1.82) is 0 Å². The van der Waals surface area contributed by atoms with Gasteiger partial charge < -0.3 is 9.88 Å². The molecule has 0 aromatic carbocycles. The largest absolute Gasteiger partial charge is 0.347 e. The van der Waals surface area contributed by atoms with Crippen molar-refractivity contribution in [3.63, 3.8) is 0 Å². The molecule has 0 spiro atoms. The number of nitrogens with one attached hydrogen (secondary N) is 1. The molecule has 3 N–H and O–H groups in total. The van der Waals surface area contributed by atoms with E-state index in [9.17, 15) is 17.4 Å². The van der Waals surface area contributed by atoms with E-state index in [2.05, 4.69) is 5.32 Å². The Labute approximate surface area is 121 Å². The molecule has 2 unspecified atom stereocenters. The van der Waals surface area contributed by atoms with Crippen molar-refractivity contribution in [2.75, 3.05) is 12.0 Å². The molecule has 0 aliphatic carbocycles. The molecule has 20 heavy (non-hydrogen) atoms. The Hall–Kier alpha value is -1.19. The molecular formula is C11H19N3O4S2. The van der Waals surface area contributed by atoms with Gasteiger partial charge in [-0.15, -0.1) is 0 Å². The lowest BCUT2D eigenvalue weighted by Gasteiger charge is -2.13. The Morgan fingerprint density at radius 3 is 2.60 bits per heavy atom. The van der Waals surface area contributed by atoms with Gasteiger partial charge in [0, 0.05) is 41.6 Å². The zero-order valence-electron chi connectivity index (χ0n) is 11.6. The minimum Gasteiger partial charge on any atom is -0.347 e. The zero-order valence-corrected chi connectivity index (χ0v) is 13.3. The van der Waals surface area contributed by atoms with E-state index in [4.69, 9.17) is 5.14 Å². The third-order valence-corrected chi connectivity index (χ3v) is 4.49. The molecular weight excluding hydrogens is 302 g/mol. The fraction of sp³-hybridized carbons (Fsp3) is 0.545. The number of nitrogens with zero attached hydrogens (tertiary/aromatic N) is 1. The molecule has 0 saturated heterocycles. The van der Waals surface area contributed by atoms with Crippen LogP contribution >= 0.6 is 0 Å². The van der Waals surface area contributed by atoms with E-state index in [0.717, 1.165) is 0 Å². The SMILES string of the molecule is CCn1cc(S(N)(=O)=O)cc1C(=O)NC(C)CS(C)=O. The average molecular weight is 321 g/mol. The third kappa shape index (κ3) is 4.43. The van der Waals surface area contributed by atoms with E-state index in [1.807, 2.05) is 0 Å². The quantitative estimate of drug-likeness (QED) is 0.746. The second-order valence-electron chi connectivity index (χ2n) is 4.51. The monoisotopic (exact) mass is 321 g/mol. The van der Waals surface area contributed by atoms with Crippen LogP contribution in [0.25, 0.3) is 0 Å². The minimum atomic E-state index is -3.85. The molecule has 1 aromatic rings. The lowest BCUT2D eigenvalue weighted by Crippen LogP contribution is -2.37. The van der Waals surface area contributed by atoms with Gasteiger partial charge in [0.05, 0.1) is 0 Å². The number of hydrogen-bond acceptors (Lipinski definition) is 4. The normalized spacial score (nSPS) is 14.8. The van der Waals surface area contributed by atoms with E-state index < -0.39 is 26.7 Å². The topological polar surface area (TPSA) is 111 Å². The Morgan fingerprint density at radius 2 is 2.15 bits per heavy atom. The number of hydrogen-bond donors (Lipinski definition) is 2. The highest BCUT2D eigenvalue weighted by molar-refractivity contribution is 7.89. The lowest BCUT2D eigenvalue weighted by molar-refractivity contribution is 0.0934. The highest BCUT2D eigenvalue weighted by atomic mass is 32.2. The molecule has 0 aliphatic heterocycles. The first-order chi connectivity index (χ1) is 9.15. The predicted molar refractivity (Wildman–Crippen MR) is 77.3 cm³/mol. The Kier molecular flexibility index (Phi) is 5.49. The van der Waals surface area contributed by atoms with Gasteiger partial charge >= 0.3 is 0 Å². The summed E-state index contributed by atoms with van der Waals surface area (Å²) in [7, 11) is -4.87. The van der Waals surface area contributed by atoms with Gasteiger partial charge in [0.2, 0.25) is 10.0 Å². The lowest BCUT2D eigenvalue weighted by atomic mass is 10.3. The van der Waals surface area contributed by atoms with Crippen LogP contribution in [0.2, 0.25) is 0 Å². The van der Waals surface area contributed by atoms with E-state index in [1.54, 1.807) is 20.1 Å².